The molecule has 6 nitrogen and oxygen atoms in total. The molecule has 0 saturated carbocycles. The molecule has 1 unspecified atom stereocenters. The first kappa shape index (κ1) is 17.6. The normalized spacial score (nSPS) is 11.7. The van der Waals surface area contributed by atoms with Gasteiger partial charge in [0, 0.05) is 17.5 Å². The van der Waals surface area contributed by atoms with E-state index in [-0.39, 0.29) is 23.2 Å². The van der Waals surface area contributed by atoms with Gasteiger partial charge in [-0.1, -0.05) is 6.92 Å². The van der Waals surface area contributed by atoms with Crippen LogP contribution in [0.3, 0.4) is 0 Å². The average Bonchev–Trinajstić information content (AvgIpc) is 2.61. The van der Waals surface area contributed by atoms with Crippen LogP contribution in [0, 0.1) is 0 Å². The standard InChI is InChI=1S/C18H22O6/c1-10(12-8-14(20)15(21-2)9-13(12)19)11-6-16(22-3)18(24-5)17(7-11)23-4/h6-10,19-20H,1-5H3. The second-order valence-corrected chi connectivity index (χ2v) is 5.26. The Labute approximate surface area is 141 Å². The lowest BCUT2D eigenvalue weighted by Crippen LogP contribution is -2.01. The Balaban J connectivity index is 2.54. The maximum atomic E-state index is 10.3. The second kappa shape index (κ2) is 7.21. The van der Waals surface area contributed by atoms with E-state index in [1.807, 2.05) is 19.1 Å². The summed E-state index contributed by atoms with van der Waals surface area (Å²) in [5.41, 5.74) is 1.40. The molecule has 24 heavy (non-hydrogen) atoms. The van der Waals surface area contributed by atoms with Gasteiger partial charge in [-0.15, -0.1) is 0 Å². The van der Waals surface area contributed by atoms with Crippen molar-refractivity contribution in [2.45, 2.75) is 12.8 Å². The summed E-state index contributed by atoms with van der Waals surface area (Å²) in [6, 6.07) is 6.50. The molecular weight excluding hydrogens is 312 g/mol. The smallest absolute Gasteiger partial charge is 0.203 e. The average molecular weight is 334 g/mol. The highest BCUT2D eigenvalue weighted by Crippen LogP contribution is 2.44. The van der Waals surface area contributed by atoms with E-state index in [2.05, 4.69) is 0 Å². The van der Waals surface area contributed by atoms with E-state index in [1.165, 1.54) is 26.4 Å². The van der Waals surface area contributed by atoms with Gasteiger partial charge >= 0.3 is 0 Å². The number of aromatic hydroxyl groups is 2. The molecule has 1 atom stereocenters. The third-order valence-corrected chi connectivity index (χ3v) is 3.98. The van der Waals surface area contributed by atoms with Gasteiger partial charge in [-0.25, -0.2) is 0 Å². The predicted molar refractivity (Wildman–Crippen MR) is 89.9 cm³/mol. The minimum Gasteiger partial charge on any atom is -0.508 e. The first-order valence-corrected chi connectivity index (χ1v) is 7.36. The van der Waals surface area contributed by atoms with Crippen LogP contribution >= 0.6 is 0 Å². The molecule has 0 bridgehead atoms. The minimum atomic E-state index is -0.226. The number of hydrogen-bond acceptors (Lipinski definition) is 6. The molecule has 0 aliphatic heterocycles. The van der Waals surface area contributed by atoms with Crippen molar-refractivity contribution in [1.29, 1.82) is 0 Å². The molecule has 0 fully saturated rings. The molecule has 130 valence electrons. The van der Waals surface area contributed by atoms with Crippen molar-refractivity contribution in [2.75, 3.05) is 28.4 Å². The third-order valence-electron chi connectivity index (χ3n) is 3.98. The van der Waals surface area contributed by atoms with Gasteiger partial charge in [0.1, 0.15) is 5.75 Å². The molecule has 6 heteroatoms. The lowest BCUT2D eigenvalue weighted by molar-refractivity contribution is 0.323. The monoisotopic (exact) mass is 334 g/mol. The van der Waals surface area contributed by atoms with E-state index in [4.69, 9.17) is 18.9 Å². The topological polar surface area (TPSA) is 77.4 Å². The lowest BCUT2D eigenvalue weighted by atomic mass is 9.91. The van der Waals surface area contributed by atoms with Crippen molar-refractivity contribution < 1.29 is 29.2 Å². The van der Waals surface area contributed by atoms with Crippen molar-refractivity contribution in [1.82, 2.24) is 0 Å². The summed E-state index contributed by atoms with van der Waals surface area (Å²) in [5.74, 6) is 1.53. The number of phenolic OH excluding ortho intramolecular Hbond substituents is 2. The van der Waals surface area contributed by atoms with Crippen molar-refractivity contribution in [3.63, 3.8) is 0 Å². The number of hydrogen-bond donors (Lipinski definition) is 2. The minimum absolute atomic E-state index is 0.0332. The van der Waals surface area contributed by atoms with Crippen LogP contribution in [0.15, 0.2) is 24.3 Å². The summed E-state index contributed by atoms with van der Waals surface area (Å²) in [6.45, 7) is 1.90. The molecule has 0 heterocycles. The van der Waals surface area contributed by atoms with Gasteiger partial charge in [0.05, 0.1) is 28.4 Å². The Morgan fingerprint density at radius 3 is 1.71 bits per heavy atom. The zero-order valence-electron chi connectivity index (χ0n) is 14.4. The second-order valence-electron chi connectivity index (χ2n) is 5.26. The highest BCUT2D eigenvalue weighted by Gasteiger charge is 2.20. The van der Waals surface area contributed by atoms with Gasteiger partial charge < -0.3 is 29.2 Å². The molecule has 0 spiro atoms. The van der Waals surface area contributed by atoms with Crippen molar-refractivity contribution in [3.05, 3.63) is 35.4 Å². The molecular formula is C18H22O6. The van der Waals surface area contributed by atoms with Crippen LogP contribution < -0.4 is 18.9 Å². The maximum Gasteiger partial charge on any atom is 0.203 e. The van der Waals surface area contributed by atoms with Crippen LogP contribution in [0.2, 0.25) is 0 Å². The molecule has 0 aromatic heterocycles. The van der Waals surface area contributed by atoms with Gasteiger partial charge in [-0.2, -0.15) is 0 Å². The fourth-order valence-corrected chi connectivity index (χ4v) is 2.62. The molecule has 2 rings (SSSR count). The first-order chi connectivity index (χ1) is 11.5. The van der Waals surface area contributed by atoms with Gasteiger partial charge in [0.25, 0.3) is 0 Å². The summed E-state index contributed by atoms with van der Waals surface area (Å²) >= 11 is 0. The first-order valence-electron chi connectivity index (χ1n) is 7.36. The Morgan fingerprint density at radius 2 is 1.25 bits per heavy atom. The van der Waals surface area contributed by atoms with Crippen molar-refractivity contribution >= 4 is 0 Å². The van der Waals surface area contributed by atoms with E-state index in [0.717, 1.165) is 5.56 Å². The fraction of sp³-hybridized carbons (Fsp3) is 0.333. The van der Waals surface area contributed by atoms with E-state index in [0.29, 0.717) is 22.8 Å². The van der Waals surface area contributed by atoms with Crippen molar-refractivity contribution in [3.8, 4) is 34.5 Å². The summed E-state index contributed by atoms with van der Waals surface area (Å²) in [6.07, 6.45) is 0. The van der Waals surface area contributed by atoms with E-state index in [1.54, 1.807) is 14.2 Å². The molecule has 0 aliphatic carbocycles. The Kier molecular flexibility index (Phi) is 5.28. The highest BCUT2D eigenvalue weighted by atomic mass is 16.5. The summed E-state index contributed by atoms with van der Waals surface area (Å²) in [7, 11) is 6.05. The third kappa shape index (κ3) is 3.13. The number of phenols is 2. The van der Waals surface area contributed by atoms with Crippen LogP contribution in [0.25, 0.3) is 0 Å². The quantitative estimate of drug-likeness (QED) is 0.790. The molecule has 2 N–H and O–H groups in total. The van der Waals surface area contributed by atoms with Crippen LogP contribution in [-0.2, 0) is 0 Å². The number of benzene rings is 2. The number of methoxy groups -OCH3 is 4. The van der Waals surface area contributed by atoms with Gasteiger partial charge in [-0.05, 0) is 23.8 Å². The van der Waals surface area contributed by atoms with E-state index < -0.39 is 0 Å². The Bertz CT molecular complexity index is 701. The molecule has 0 aliphatic rings. The van der Waals surface area contributed by atoms with Crippen LogP contribution in [0.4, 0.5) is 0 Å². The summed E-state index contributed by atoms with van der Waals surface area (Å²) in [5, 5.41) is 20.2. The maximum absolute atomic E-state index is 10.3. The van der Waals surface area contributed by atoms with Gasteiger partial charge in [0.2, 0.25) is 5.75 Å². The highest BCUT2D eigenvalue weighted by molar-refractivity contribution is 5.58. The van der Waals surface area contributed by atoms with Crippen LogP contribution in [-0.4, -0.2) is 38.7 Å². The molecule has 2 aromatic carbocycles. The van der Waals surface area contributed by atoms with E-state index in [9.17, 15) is 10.2 Å². The predicted octanol–water partition coefficient (Wildman–Crippen LogP) is 3.28. The SMILES string of the molecule is COc1cc(O)c(C(C)c2cc(OC)c(OC)c(OC)c2)cc1O. The van der Waals surface area contributed by atoms with Crippen LogP contribution in [0.5, 0.6) is 34.5 Å². The zero-order chi connectivity index (χ0) is 17.9. The zero-order valence-corrected chi connectivity index (χ0v) is 14.4. The van der Waals surface area contributed by atoms with Crippen LogP contribution in [0.1, 0.15) is 24.0 Å². The van der Waals surface area contributed by atoms with Crippen molar-refractivity contribution in [2.24, 2.45) is 0 Å². The summed E-state index contributed by atoms with van der Waals surface area (Å²) in [4.78, 5) is 0. The Hall–Kier alpha value is -2.76. The number of rotatable bonds is 6. The fourth-order valence-electron chi connectivity index (χ4n) is 2.62. The Morgan fingerprint density at radius 1 is 0.708 bits per heavy atom. The number of ether oxygens (including phenoxy) is 4. The van der Waals surface area contributed by atoms with Gasteiger partial charge in [-0.3, -0.25) is 0 Å². The lowest BCUT2D eigenvalue weighted by Gasteiger charge is -2.19. The molecule has 0 radical (unpaired) electrons. The van der Waals surface area contributed by atoms with E-state index >= 15 is 0 Å². The van der Waals surface area contributed by atoms with Gasteiger partial charge in [0.15, 0.2) is 23.0 Å². The largest absolute Gasteiger partial charge is 0.508 e. The molecule has 2 aromatic rings. The summed E-state index contributed by atoms with van der Waals surface area (Å²) < 4.78 is 21.0. The molecule has 0 saturated heterocycles. The molecule has 0 amide bonds.